The molecule has 108 valence electrons. The van der Waals surface area contributed by atoms with E-state index in [4.69, 9.17) is 0 Å². The first-order valence-electron chi connectivity index (χ1n) is 6.81. The van der Waals surface area contributed by atoms with Gasteiger partial charge in [-0.25, -0.2) is 8.42 Å². The second kappa shape index (κ2) is 7.06. The smallest absolute Gasteiger partial charge is 0.148 e. The van der Waals surface area contributed by atoms with Crippen LogP contribution in [0, 0.1) is 0 Å². The van der Waals surface area contributed by atoms with Crippen molar-refractivity contribution in [1.82, 2.24) is 5.32 Å². The van der Waals surface area contributed by atoms with Crippen molar-refractivity contribution in [2.45, 2.75) is 39.2 Å². The van der Waals surface area contributed by atoms with Gasteiger partial charge in [0.2, 0.25) is 0 Å². The van der Waals surface area contributed by atoms with Crippen LogP contribution in [0.4, 0.5) is 0 Å². The van der Waals surface area contributed by atoms with Crippen LogP contribution in [0.5, 0.6) is 0 Å². The highest BCUT2D eigenvalue weighted by molar-refractivity contribution is 7.90. The molecule has 0 heterocycles. The van der Waals surface area contributed by atoms with Gasteiger partial charge in [0.1, 0.15) is 9.84 Å². The Labute approximate surface area is 117 Å². The molecule has 1 unspecified atom stereocenters. The quantitative estimate of drug-likeness (QED) is 0.835. The maximum absolute atomic E-state index is 11.4. The van der Waals surface area contributed by atoms with E-state index < -0.39 is 9.84 Å². The summed E-state index contributed by atoms with van der Waals surface area (Å²) in [5, 5.41) is 3.25. The van der Waals surface area contributed by atoms with Crippen LogP contribution in [-0.2, 0) is 16.3 Å². The molecule has 1 N–H and O–H groups in total. The standard InChI is InChI=1S/C15H25NO2S/c1-5-16-15(11-19(4,17)18)10-13-6-8-14(9-7-13)12(2)3/h6-9,12,15-16H,5,10-11H2,1-4H3. The van der Waals surface area contributed by atoms with E-state index in [9.17, 15) is 8.42 Å². The van der Waals surface area contributed by atoms with Gasteiger partial charge in [-0.05, 0) is 30.0 Å². The molecule has 0 saturated heterocycles. The predicted octanol–water partition coefficient (Wildman–Crippen LogP) is 2.38. The molecule has 0 radical (unpaired) electrons. The minimum absolute atomic E-state index is 0.00935. The highest BCUT2D eigenvalue weighted by atomic mass is 32.2. The summed E-state index contributed by atoms with van der Waals surface area (Å²) in [4.78, 5) is 0. The average Bonchev–Trinajstić information content (AvgIpc) is 2.27. The third kappa shape index (κ3) is 6.21. The molecule has 0 aliphatic carbocycles. The normalized spacial score (nSPS) is 13.7. The molecule has 0 amide bonds. The first-order valence-corrected chi connectivity index (χ1v) is 8.87. The van der Waals surface area contributed by atoms with Gasteiger partial charge >= 0.3 is 0 Å². The second-order valence-corrected chi connectivity index (χ2v) is 7.63. The van der Waals surface area contributed by atoms with Crippen LogP contribution in [-0.4, -0.2) is 33.0 Å². The molecule has 0 aliphatic heterocycles. The van der Waals surface area contributed by atoms with Crippen molar-refractivity contribution in [2.24, 2.45) is 0 Å². The predicted molar refractivity (Wildman–Crippen MR) is 81.4 cm³/mol. The van der Waals surface area contributed by atoms with E-state index in [-0.39, 0.29) is 11.8 Å². The molecular weight excluding hydrogens is 258 g/mol. The number of nitrogens with one attached hydrogen (secondary N) is 1. The summed E-state index contributed by atoms with van der Waals surface area (Å²) >= 11 is 0. The summed E-state index contributed by atoms with van der Waals surface area (Å²) in [6.07, 6.45) is 2.04. The van der Waals surface area contributed by atoms with E-state index in [0.29, 0.717) is 5.92 Å². The van der Waals surface area contributed by atoms with Crippen molar-refractivity contribution in [2.75, 3.05) is 18.6 Å². The summed E-state index contributed by atoms with van der Waals surface area (Å²) < 4.78 is 22.8. The Morgan fingerprint density at radius 3 is 2.16 bits per heavy atom. The third-order valence-corrected chi connectivity index (χ3v) is 4.13. The van der Waals surface area contributed by atoms with Crippen LogP contribution >= 0.6 is 0 Å². The van der Waals surface area contributed by atoms with Crippen molar-refractivity contribution in [1.29, 1.82) is 0 Å². The van der Waals surface area contributed by atoms with Gasteiger partial charge in [-0.2, -0.15) is 0 Å². The Hall–Kier alpha value is -0.870. The summed E-state index contributed by atoms with van der Waals surface area (Å²) in [5.74, 6) is 0.710. The molecule has 4 heteroatoms. The summed E-state index contributed by atoms with van der Waals surface area (Å²) in [6.45, 7) is 7.11. The molecule has 0 saturated carbocycles. The number of hydrogen-bond donors (Lipinski definition) is 1. The lowest BCUT2D eigenvalue weighted by atomic mass is 9.99. The summed E-state index contributed by atoms with van der Waals surface area (Å²) in [6, 6.07) is 8.45. The second-order valence-electron chi connectivity index (χ2n) is 5.45. The van der Waals surface area contributed by atoms with Gasteiger partial charge in [0.15, 0.2) is 0 Å². The van der Waals surface area contributed by atoms with Crippen molar-refractivity contribution in [3.8, 4) is 0 Å². The van der Waals surface area contributed by atoms with Gasteiger partial charge in [-0.1, -0.05) is 45.0 Å². The summed E-state index contributed by atoms with van der Waals surface area (Å²) in [5.41, 5.74) is 2.49. The zero-order valence-corrected chi connectivity index (χ0v) is 13.1. The highest BCUT2D eigenvalue weighted by Gasteiger charge is 2.15. The van der Waals surface area contributed by atoms with E-state index in [2.05, 4.69) is 43.4 Å². The number of rotatable bonds is 7. The van der Waals surface area contributed by atoms with Crippen LogP contribution < -0.4 is 5.32 Å². The molecule has 0 aromatic heterocycles. The van der Waals surface area contributed by atoms with Crippen molar-refractivity contribution < 1.29 is 8.42 Å². The van der Waals surface area contributed by atoms with Crippen molar-refractivity contribution in [3.63, 3.8) is 0 Å². The fraction of sp³-hybridized carbons (Fsp3) is 0.600. The maximum Gasteiger partial charge on any atom is 0.148 e. The van der Waals surface area contributed by atoms with E-state index in [1.165, 1.54) is 17.4 Å². The van der Waals surface area contributed by atoms with Gasteiger partial charge in [-0.15, -0.1) is 0 Å². The van der Waals surface area contributed by atoms with Crippen LogP contribution in [0.25, 0.3) is 0 Å². The van der Waals surface area contributed by atoms with Crippen molar-refractivity contribution in [3.05, 3.63) is 35.4 Å². The van der Waals surface area contributed by atoms with E-state index in [0.717, 1.165) is 13.0 Å². The Morgan fingerprint density at radius 2 is 1.74 bits per heavy atom. The van der Waals surface area contributed by atoms with Crippen LogP contribution in [0.2, 0.25) is 0 Å². The first-order chi connectivity index (χ1) is 8.81. The van der Waals surface area contributed by atoms with Gasteiger partial charge in [0, 0.05) is 12.3 Å². The Bertz CT molecular complexity index is 477. The molecule has 19 heavy (non-hydrogen) atoms. The number of likely N-dealkylation sites (N-methyl/N-ethyl adjacent to an activating group) is 1. The lowest BCUT2D eigenvalue weighted by Gasteiger charge is -2.17. The minimum Gasteiger partial charge on any atom is -0.313 e. The Balaban J connectivity index is 2.73. The first kappa shape index (κ1) is 16.2. The number of hydrogen-bond acceptors (Lipinski definition) is 3. The maximum atomic E-state index is 11.4. The average molecular weight is 283 g/mol. The van der Waals surface area contributed by atoms with Gasteiger partial charge < -0.3 is 5.32 Å². The lowest BCUT2D eigenvalue weighted by molar-refractivity contribution is 0.545. The van der Waals surface area contributed by atoms with E-state index >= 15 is 0 Å². The topological polar surface area (TPSA) is 46.2 Å². The Kier molecular flexibility index (Phi) is 6.01. The molecule has 1 rings (SSSR count). The van der Waals surface area contributed by atoms with E-state index in [1.807, 2.05) is 6.92 Å². The molecule has 3 nitrogen and oxygen atoms in total. The molecule has 0 fully saturated rings. The third-order valence-electron chi connectivity index (χ3n) is 3.13. The molecule has 0 spiro atoms. The van der Waals surface area contributed by atoms with Crippen molar-refractivity contribution >= 4 is 9.84 Å². The van der Waals surface area contributed by atoms with Crippen LogP contribution in [0.3, 0.4) is 0 Å². The largest absolute Gasteiger partial charge is 0.313 e. The summed E-state index contributed by atoms with van der Waals surface area (Å²) in [7, 11) is -2.95. The fourth-order valence-corrected chi connectivity index (χ4v) is 3.13. The number of sulfone groups is 1. The molecule has 0 aliphatic rings. The Morgan fingerprint density at radius 1 is 1.16 bits per heavy atom. The number of benzene rings is 1. The molecular formula is C15H25NO2S. The zero-order chi connectivity index (χ0) is 14.5. The highest BCUT2D eigenvalue weighted by Crippen LogP contribution is 2.15. The molecule has 0 bridgehead atoms. The molecule has 1 aromatic rings. The van der Waals surface area contributed by atoms with Crippen LogP contribution in [0.15, 0.2) is 24.3 Å². The molecule has 1 aromatic carbocycles. The van der Waals surface area contributed by atoms with Crippen LogP contribution in [0.1, 0.15) is 37.8 Å². The van der Waals surface area contributed by atoms with Gasteiger partial charge in [-0.3, -0.25) is 0 Å². The van der Waals surface area contributed by atoms with Gasteiger partial charge in [0.05, 0.1) is 5.75 Å². The SMILES string of the molecule is CCNC(Cc1ccc(C(C)C)cc1)CS(C)(=O)=O. The van der Waals surface area contributed by atoms with Gasteiger partial charge in [0.25, 0.3) is 0 Å². The molecule has 1 atom stereocenters. The van der Waals surface area contributed by atoms with E-state index in [1.54, 1.807) is 0 Å². The lowest BCUT2D eigenvalue weighted by Crippen LogP contribution is -2.37. The monoisotopic (exact) mass is 283 g/mol. The minimum atomic E-state index is -2.95. The fourth-order valence-electron chi connectivity index (χ4n) is 2.17. The zero-order valence-electron chi connectivity index (χ0n) is 12.3.